The second kappa shape index (κ2) is 6.78. The first-order chi connectivity index (χ1) is 9.30. The van der Waals surface area contributed by atoms with Gasteiger partial charge in [0.15, 0.2) is 0 Å². The van der Waals surface area contributed by atoms with Crippen molar-refractivity contribution in [2.45, 2.75) is 18.9 Å². The van der Waals surface area contributed by atoms with Gasteiger partial charge in [0, 0.05) is 24.6 Å². The van der Waals surface area contributed by atoms with Crippen LogP contribution < -0.4 is 14.8 Å². The highest BCUT2D eigenvalue weighted by molar-refractivity contribution is 5.42. The van der Waals surface area contributed by atoms with Crippen molar-refractivity contribution < 1.29 is 14.2 Å². The van der Waals surface area contributed by atoms with Crippen molar-refractivity contribution in [1.29, 1.82) is 0 Å². The van der Waals surface area contributed by atoms with Crippen LogP contribution in [0.1, 0.15) is 24.5 Å². The molecule has 1 heterocycles. The molecule has 1 N–H and O–H groups in total. The molecule has 0 aromatic heterocycles. The fourth-order valence-electron chi connectivity index (χ4n) is 2.72. The monoisotopic (exact) mass is 265 g/mol. The zero-order valence-corrected chi connectivity index (χ0v) is 11.9. The van der Waals surface area contributed by atoms with Gasteiger partial charge in [0.2, 0.25) is 0 Å². The van der Waals surface area contributed by atoms with E-state index in [9.17, 15) is 0 Å². The van der Waals surface area contributed by atoms with Gasteiger partial charge in [-0.3, -0.25) is 0 Å². The third kappa shape index (κ3) is 3.19. The number of ether oxygens (including phenoxy) is 3. The lowest BCUT2D eigenvalue weighted by Gasteiger charge is -2.33. The van der Waals surface area contributed by atoms with Crippen molar-refractivity contribution >= 4 is 0 Å². The van der Waals surface area contributed by atoms with E-state index in [0.29, 0.717) is 5.92 Å². The summed E-state index contributed by atoms with van der Waals surface area (Å²) in [6.07, 6.45) is 2.37. The molecular weight excluding hydrogens is 242 g/mol. The van der Waals surface area contributed by atoms with E-state index in [1.54, 1.807) is 14.2 Å². The molecule has 0 bridgehead atoms. The summed E-state index contributed by atoms with van der Waals surface area (Å²) in [6.45, 7) is 1.76. The van der Waals surface area contributed by atoms with Crippen molar-refractivity contribution in [3.63, 3.8) is 0 Å². The molecule has 2 unspecified atom stereocenters. The van der Waals surface area contributed by atoms with Gasteiger partial charge in [-0.1, -0.05) is 0 Å². The molecule has 0 spiro atoms. The van der Waals surface area contributed by atoms with Gasteiger partial charge in [0.1, 0.15) is 11.5 Å². The molecule has 2 rings (SSSR count). The Bertz CT molecular complexity index is 406. The smallest absolute Gasteiger partial charge is 0.124 e. The molecule has 1 fully saturated rings. The van der Waals surface area contributed by atoms with E-state index in [0.717, 1.165) is 36.6 Å². The summed E-state index contributed by atoms with van der Waals surface area (Å²) < 4.78 is 16.8. The molecule has 0 radical (unpaired) electrons. The van der Waals surface area contributed by atoms with Gasteiger partial charge in [-0.25, -0.2) is 0 Å². The minimum atomic E-state index is 0.0752. The molecule has 0 aliphatic carbocycles. The Kier molecular flexibility index (Phi) is 5.05. The summed E-state index contributed by atoms with van der Waals surface area (Å²) in [5.74, 6) is 2.18. The van der Waals surface area contributed by atoms with Crippen LogP contribution in [0.2, 0.25) is 0 Å². The fourth-order valence-corrected chi connectivity index (χ4v) is 2.72. The quantitative estimate of drug-likeness (QED) is 0.887. The average molecular weight is 265 g/mol. The van der Waals surface area contributed by atoms with Gasteiger partial charge in [0.25, 0.3) is 0 Å². The summed E-state index contributed by atoms with van der Waals surface area (Å²) >= 11 is 0. The van der Waals surface area contributed by atoms with E-state index >= 15 is 0 Å². The highest BCUT2D eigenvalue weighted by atomic mass is 16.5. The molecule has 2 atom stereocenters. The summed E-state index contributed by atoms with van der Waals surface area (Å²) in [6, 6.07) is 5.89. The first kappa shape index (κ1) is 14.2. The largest absolute Gasteiger partial charge is 0.497 e. The van der Waals surface area contributed by atoms with Crippen LogP contribution in [-0.4, -0.2) is 34.4 Å². The standard InChI is InChI=1S/C15H23NO3/c1-16-10-11-5-4-8-19-15(11)13-9-12(17-2)6-7-14(13)18-3/h6-7,9,11,15-16H,4-5,8,10H2,1-3H3. The number of methoxy groups -OCH3 is 2. The van der Waals surface area contributed by atoms with E-state index < -0.39 is 0 Å². The van der Waals surface area contributed by atoms with E-state index in [1.807, 2.05) is 25.2 Å². The third-order valence-electron chi connectivity index (χ3n) is 3.65. The van der Waals surface area contributed by atoms with Gasteiger partial charge < -0.3 is 19.5 Å². The molecule has 4 heteroatoms. The predicted molar refractivity (Wildman–Crippen MR) is 74.9 cm³/mol. The van der Waals surface area contributed by atoms with Crippen LogP contribution in [0.5, 0.6) is 11.5 Å². The van der Waals surface area contributed by atoms with E-state index in [1.165, 1.54) is 6.42 Å². The Morgan fingerprint density at radius 2 is 2.16 bits per heavy atom. The minimum Gasteiger partial charge on any atom is -0.497 e. The number of hydrogen-bond donors (Lipinski definition) is 1. The van der Waals surface area contributed by atoms with Crippen molar-refractivity contribution in [1.82, 2.24) is 5.32 Å². The molecule has 1 aromatic rings. The van der Waals surface area contributed by atoms with Crippen LogP contribution in [-0.2, 0) is 4.74 Å². The molecule has 19 heavy (non-hydrogen) atoms. The Morgan fingerprint density at radius 3 is 2.84 bits per heavy atom. The zero-order valence-electron chi connectivity index (χ0n) is 11.9. The number of nitrogens with one attached hydrogen (secondary N) is 1. The molecule has 4 nitrogen and oxygen atoms in total. The van der Waals surface area contributed by atoms with Crippen molar-refractivity contribution in [2.75, 3.05) is 34.4 Å². The van der Waals surface area contributed by atoms with Crippen molar-refractivity contribution in [3.8, 4) is 11.5 Å². The average Bonchev–Trinajstić information content (AvgIpc) is 2.47. The third-order valence-corrected chi connectivity index (χ3v) is 3.65. The van der Waals surface area contributed by atoms with Crippen LogP contribution in [0.25, 0.3) is 0 Å². The molecule has 0 amide bonds. The maximum Gasteiger partial charge on any atom is 0.124 e. The van der Waals surface area contributed by atoms with Crippen LogP contribution in [0.3, 0.4) is 0 Å². The van der Waals surface area contributed by atoms with Crippen molar-refractivity contribution in [2.24, 2.45) is 5.92 Å². The number of hydrogen-bond acceptors (Lipinski definition) is 4. The maximum absolute atomic E-state index is 6.00. The predicted octanol–water partition coefficient (Wildman–Crippen LogP) is 2.39. The molecule has 1 aromatic carbocycles. The Labute approximate surface area is 115 Å². The first-order valence-electron chi connectivity index (χ1n) is 6.78. The SMILES string of the molecule is CNCC1CCCOC1c1cc(OC)ccc1OC. The van der Waals surface area contributed by atoms with Crippen molar-refractivity contribution in [3.05, 3.63) is 23.8 Å². The highest BCUT2D eigenvalue weighted by Crippen LogP contribution is 2.39. The van der Waals surface area contributed by atoms with E-state index in [4.69, 9.17) is 14.2 Å². The molecule has 1 saturated heterocycles. The maximum atomic E-state index is 6.00. The minimum absolute atomic E-state index is 0.0752. The lowest BCUT2D eigenvalue weighted by Crippen LogP contribution is -2.30. The van der Waals surface area contributed by atoms with E-state index in [-0.39, 0.29) is 6.10 Å². The van der Waals surface area contributed by atoms with Gasteiger partial charge in [0.05, 0.1) is 20.3 Å². The van der Waals surface area contributed by atoms with Gasteiger partial charge in [-0.2, -0.15) is 0 Å². The van der Waals surface area contributed by atoms with Crippen LogP contribution in [0, 0.1) is 5.92 Å². The Balaban J connectivity index is 2.30. The Hall–Kier alpha value is -1.26. The van der Waals surface area contributed by atoms with Crippen LogP contribution in [0.4, 0.5) is 0 Å². The molecule has 1 aliphatic rings. The lowest BCUT2D eigenvalue weighted by atomic mass is 9.89. The second-order valence-electron chi connectivity index (χ2n) is 4.86. The van der Waals surface area contributed by atoms with E-state index in [2.05, 4.69) is 5.32 Å². The summed E-state index contributed by atoms with van der Waals surface area (Å²) in [5.41, 5.74) is 1.09. The Morgan fingerprint density at radius 1 is 1.32 bits per heavy atom. The van der Waals surface area contributed by atoms with Gasteiger partial charge in [-0.15, -0.1) is 0 Å². The molecule has 1 aliphatic heterocycles. The molecule has 106 valence electrons. The summed E-state index contributed by atoms with van der Waals surface area (Å²) in [4.78, 5) is 0. The van der Waals surface area contributed by atoms with Crippen LogP contribution in [0.15, 0.2) is 18.2 Å². The number of rotatable bonds is 5. The highest BCUT2D eigenvalue weighted by Gasteiger charge is 2.29. The number of benzene rings is 1. The van der Waals surface area contributed by atoms with Crippen LogP contribution >= 0.6 is 0 Å². The lowest BCUT2D eigenvalue weighted by molar-refractivity contribution is -0.0284. The topological polar surface area (TPSA) is 39.7 Å². The van der Waals surface area contributed by atoms with Gasteiger partial charge >= 0.3 is 0 Å². The first-order valence-corrected chi connectivity index (χ1v) is 6.78. The molecular formula is C15H23NO3. The zero-order chi connectivity index (χ0) is 13.7. The molecule has 0 saturated carbocycles. The normalized spacial score (nSPS) is 23.1. The fraction of sp³-hybridized carbons (Fsp3) is 0.600. The summed E-state index contributed by atoms with van der Waals surface area (Å²) in [5, 5.41) is 3.25. The second-order valence-corrected chi connectivity index (χ2v) is 4.86. The summed E-state index contributed by atoms with van der Waals surface area (Å²) in [7, 11) is 5.36. The van der Waals surface area contributed by atoms with Gasteiger partial charge in [-0.05, 0) is 38.1 Å².